The van der Waals surface area contributed by atoms with Crippen LogP contribution in [0.1, 0.15) is 54.7 Å². The van der Waals surface area contributed by atoms with Crippen LogP contribution in [0.3, 0.4) is 0 Å². The Morgan fingerprint density at radius 3 is 2.42 bits per heavy atom. The molecule has 2 aromatic carbocycles. The Balaban J connectivity index is 1.43. The number of aromatic nitrogens is 4. The molecule has 1 saturated carbocycles. The van der Waals surface area contributed by atoms with E-state index >= 15 is 0 Å². The molecule has 6 nitrogen and oxygen atoms in total. The summed E-state index contributed by atoms with van der Waals surface area (Å²) < 4.78 is 16.4. The first-order valence-electron chi connectivity index (χ1n) is 11.4. The van der Waals surface area contributed by atoms with Crippen molar-refractivity contribution in [3.8, 4) is 0 Å². The Bertz CT molecular complexity index is 1000. The highest BCUT2D eigenvalue weighted by molar-refractivity contribution is 5.47. The lowest BCUT2D eigenvalue weighted by Crippen LogP contribution is -3.15. The van der Waals surface area contributed by atoms with Gasteiger partial charge in [0.15, 0.2) is 6.04 Å². The monoisotopic (exact) mass is 421 g/mol. The van der Waals surface area contributed by atoms with E-state index in [0.29, 0.717) is 11.7 Å². The summed E-state index contributed by atoms with van der Waals surface area (Å²) in [5.41, 5.74) is 3.19. The highest BCUT2D eigenvalue weighted by atomic mass is 19.1. The second kappa shape index (κ2) is 8.75. The van der Waals surface area contributed by atoms with Gasteiger partial charge < -0.3 is 9.80 Å². The molecule has 0 spiro atoms. The number of piperazine rings is 1. The summed E-state index contributed by atoms with van der Waals surface area (Å²) in [6.45, 7) is 5.55. The molecule has 0 amide bonds. The van der Waals surface area contributed by atoms with Crippen molar-refractivity contribution in [2.24, 2.45) is 0 Å². The van der Waals surface area contributed by atoms with Gasteiger partial charge in [-0.3, -0.25) is 0 Å². The topological polar surface area (TPSA) is 51.3 Å². The molecule has 7 heteroatoms. The SMILES string of the molecule is Cc1ccc([C@H](c2nnnn2C2CCCC2)[NH+]2CCN(c3ccccc3F)CC2)cc1. The maximum absolute atomic E-state index is 14.3. The number of anilines is 1. The fourth-order valence-electron chi connectivity index (χ4n) is 5.16. The first kappa shape index (κ1) is 20.1. The Morgan fingerprint density at radius 2 is 1.71 bits per heavy atom. The number of nitrogens with one attached hydrogen (secondary N) is 1. The minimum atomic E-state index is -0.147. The number of nitrogens with zero attached hydrogens (tertiary/aromatic N) is 5. The molecule has 2 aliphatic rings. The zero-order valence-corrected chi connectivity index (χ0v) is 18.0. The van der Waals surface area contributed by atoms with Crippen LogP contribution in [0.4, 0.5) is 10.1 Å². The summed E-state index contributed by atoms with van der Waals surface area (Å²) >= 11 is 0. The lowest BCUT2D eigenvalue weighted by Gasteiger charge is -2.37. The van der Waals surface area contributed by atoms with Gasteiger partial charge in [0, 0.05) is 5.56 Å². The molecule has 31 heavy (non-hydrogen) atoms. The number of halogens is 1. The van der Waals surface area contributed by atoms with Crippen molar-refractivity contribution in [2.45, 2.75) is 44.7 Å². The van der Waals surface area contributed by atoms with Crippen molar-refractivity contribution in [1.82, 2.24) is 20.2 Å². The van der Waals surface area contributed by atoms with E-state index in [0.717, 1.165) is 44.8 Å². The third-order valence-electron chi connectivity index (χ3n) is 6.86. The largest absolute Gasteiger partial charge is 0.358 e. The van der Waals surface area contributed by atoms with Crippen molar-refractivity contribution in [3.05, 3.63) is 71.3 Å². The minimum Gasteiger partial charge on any atom is -0.358 e. The summed E-state index contributed by atoms with van der Waals surface area (Å²) in [5, 5.41) is 13.0. The van der Waals surface area contributed by atoms with Crippen LogP contribution < -0.4 is 9.80 Å². The zero-order chi connectivity index (χ0) is 21.2. The molecular weight excluding hydrogens is 391 g/mol. The van der Waals surface area contributed by atoms with E-state index in [1.165, 1.54) is 28.9 Å². The molecule has 3 aromatic rings. The van der Waals surface area contributed by atoms with Gasteiger partial charge in [0.05, 0.1) is 37.9 Å². The Morgan fingerprint density at radius 1 is 1.00 bits per heavy atom. The van der Waals surface area contributed by atoms with Gasteiger partial charge >= 0.3 is 0 Å². The van der Waals surface area contributed by atoms with Gasteiger partial charge in [-0.15, -0.1) is 5.10 Å². The molecule has 0 unspecified atom stereocenters. The Labute approximate surface area is 182 Å². The van der Waals surface area contributed by atoms with Gasteiger partial charge in [0.25, 0.3) is 0 Å². The van der Waals surface area contributed by atoms with Gasteiger partial charge in [0.1, 0.15) is 5.82 Å². The molecule has 1 aromatic heterocycles. The quantitative estimate of drug-likeness (QED) is 0.688. The highest BCUT2D eigenvalue weighted by Gasteiger charge is 2.36. The van der Waals surface area contributed by atoms with Crippen LogP contribution in [0.15, 0.2) is 48.5 Å². The third-order valence-corrected chi connectivity index (χ3v) is 6.86. The van der Waals surface area contributed by atoms with Gasteiger partial charge in [-0.25, -0.2) is 9.07 Å². The summed E-state index contributed by atoms with van der Waals surface area (Å²) in [7, 11) is 0. The second-order valence-electron chi connectivity index (χ2n) is 8.86. The molecule has 1 aliphatic heterocycles. The minimum absolute atomic E-state index is 0.0824. The van der Waals surface area contributed by atoms with Gasteiger partial charge in [-0.2, -0.15) is 0 Å². The summed E-state index contributed by atoms with van der Waals surface area (Å²) in [4.78, 5) is 3.59. The fourth-order valence-corrected chi connectivity index (χ4v) is 5.16. The number of hydrogen-bond donors (Lipinski definition) is 1. The molecular formula is C24H30FN6+. The average Bonchev–Trinajstić information content (AvgIpc) is 3.48. The predicted molar refractivity (Wildman–Crippen MR) is 118 cm³/mol. The summed E-state index contributed by atoms with van der Waals surface area (Å²) in [5.74, 6) is 0.816. The molecule has 1 atom stereocenters. The normalized spacial score (nSPS) is 19.1. The summed E-state index contributed by atoms with van der Waals surface area (Å²) in [6, 6.07) is 16.3. The second-order valence-corrected chi connectivity index (χ2v) is 8.86. The van der Waals surface area contributed by atoms with Crippen LogP contribution in [0, 0.1) is 12.7 Å². The average molecular weight is 422 g/mol. The molecule has 5 rings (SSSR count). The number of hydrogen-bond acceptors (Lipinski definition) is 4. The molecule has 1 saturated heterocycles. The molecule has 1 aliphatic carbocycles. The molecule has 162 valence electrons. The maximum atomic E-state index is 14.3. The molecule has 0 bridgehead atoms. The Hall–Kier alpha value is -2.80. The number of para-hydroxylation sites is 1. The zero-order valence-electron chi connectivity index (χ0n) is 18.0. The molecule has 2 heterocycles. The van der Waals surface area contributed by atoms with E-state index < -0.39 is 0 Å². The van der Waals surface area contributed by atoms with E-state index in [-0.39, 0.29) is 11.9 Å². The van der Waals surface area contributed by atoms with E-state index in [9.17, 15) is 4.39 Å². The molecule has 2 fully saturated rings. The Kier molecular flexibility index (Phi) is 5.68. The maximum Gasteiger partial charge on any atom is 0.214 e. The van der Waals surface area contributed by atoms with Crippen LogP contribution in [-0.4, -0.2) is 46.4 Å². The van der Waals surface area contributed by atoms with E-state index in [2.05, 4.69) is 56.3 Å². The lowest BCUT2D eigenvalue weighted by molar-refractivity contribution is -0.927. The van der Waals surface area contributed by atoms with Crippen LogP contribution in [-0.2, 0) is 0 Å². The molecule has 0 radical (unpaired) electrons. The van der Waals surface area contributed by atoms with Gasteiger partial charge in [-0.05, 0) is 42.3 Å². The standard InChI is InChI=1S/C24H29FN6/c1-18-10-12-19(13-11-18)23(24-26-27-28-31(24)20-6-2-3-7-20)30-16-14-29(15-17-30)22-9-5-4-8-21(22)25/h4-5,8-13,20,23H,2-3,6-7,14-17H2,1H3/p+1/t23-/m1/s1. The highest BCUT2D eigenvalue weighted by Crippen LogP contribution is 2.31. The van der Waals surface area contributed by atoms with Crippen LogP contribution in [0.5, 0.6) is 0 Å². The van der Waals surface area contributed by atoms with Crippen molar-refractivity contribution < 1.29 is 9.29 Å². The van der Waals surface area contributed by atoms with Crippen LogP contribution in [0.25, 0.3) is 0 Å². The number of quaternary nitrogens is 1. The third kappa shape index (κ3) is 4.06. The van der Waals surface area contributed by atoms with Gasteiger partial charge in [-0.1, -0.05) is 54.8 Å². The fraction of sp³-hybridized carbons (Fsp3) is 0.458. The van der Waals surface area contributed by atoms with E-state index in [1.54, 1.807) is 12.1 Å². The van der Waals surface area contributed by atoms with Crippen molar-refractivity contribution in [2.75, 3.05) is 31.1 Å². The van der Waals surface area contributed by atoms with Crippen LogP contribution in [0.2, 0.25) is 0 Å². The van der Waals surface area contributed by atoms with E-state index in [1.807, 2.05) is 12.1 Å². The summed E-state index contributed by atoms with van der Waals surface area (Å²) in [6.07, 6.45) is 4.78. The number of rotatable bonds is 5. The van der Waals surface area contributed by atoms with Crippen LogP contribution >= 0.6 is 0 Å². The van der Waals surface area contributed by atoms with Crippen molar-refractivity contribution in [3.63, 3.8) is 0 Å². The first-order valence-corrected chi connectivity index (χ1v) is 11.4. The smallest absolute Gasteiger partial charge is 0.214 e. The predicted octanol–water partition coefficient (Wildman–Crippen LogP) is 2.73. The van der Waals surface area contributed by atoms with Gasteiger partial charge in [0.2, 0.25) is 5.82 Å². The van der Waals surface area contributed by atoms with Crippen molar-refractivity contribution >= 4 is 5.69 Å². The first-order chi connectivity index (χ1) is 15.2. The number of benzene rings is 2. The van der Waals surface area contributed by atoms with E-state index in [4.69, 9.17) is 0 Å². The van der Waals surface area contributed by atoms with Crippen molar-refractivity contribution in [1.29, 1.82) is 0 Å². The number of aryl methyl sites for hydroxylation is 1. The molecule has 1 N–H and O–H groups in total. The number of tetrazole rings is 1. The lowest BCUT2D eigenvalue weighted by atomic mass is 10.0.